The lowest BCUT2D eigenvalue weighted by atomic mass is 10.1. The van der Waals surface area contributed by atoms with Crippen LogP contribution in [0.1, 0.15) is 67.6 Å². The van der Waals surface area contributed by atoms with Crippen molar-refractivity contribution in [2.24, 2.45) is 5.10 Å². The van der Waals surface area contributed by atoms with Crippen molar-refractivity contribution in [3.63, 3.8) is 0 Å². The average Bonchev–Trinajstić information content (AvgIpc) is 3.21. The summed E-state index contributed by atoms with van der Waals surface area (Å²) in [5, 5.41) is 8.90. The Labute approximate surface area is 164 Å². The third kappa shape index (κ3) is 7.35. The van der Waals surface area contributed by atoms with Crippen LogP contribution in [0.2, 0.25) is 0 Å². The van der Waals surface area contributed by atoms with Gasteiger partial charge in [-0.3, -0.25) is 9.59 Å². The van der Waals surface area contributed by atoms with Crippen LogP contribution in [0.4, 0.5) is 5.69 Å². The van der Waals surface area contributed by atoms with E-state index < -0.39 is 0 Å². The monoisotopic (exact) mass is 385 g/mol. The van der Waals surface area contributed by atoms with E-state index in [-0.39, 0.29) is 11.8 Å². The molecule has 0 atom stereocenters. The standard InChI is InChI=1S/C21H27N3O2S/c1-3-4-5-6-7-10-20(25)24-23-16(2)17-11-13-18(14-12-17)22-21(26)19-9-8-15-27-19/h8-9,11-15H,3-7,10H2,1-2H3,(H,22,26)(H,24,25)/b23-16+. The Balaban J connectivity index is 1.80. The number of carbonyl (C=O) groups is 2. The van der Waals surface area contributed by atoms with Crippen molar-refractivity contribution in [3.8, 4) is 0 Å². The molecule has 0 unspecified atom stereocenters. The van der Waals surface area contributed by atoms with Crippen LogP contribution in [-0.4, -0.2) is 17.5 Å². The maximum atomic E-state index is 12.0. The molecule has 0 bridgehead atoms. The number of hydrazone groups is 1. The van der Waals surface area contributed by atoms with Gasteiger partial charge in [0.1, 0.15) is 0 Å². The molecule has 0 aliphatic carbocycles. The molecule has 5 nitrogen and oxygen atoms in total. The molecule has 6 heteroatoms. The lowest BCUT2D eigenvalue weighted by Gasteiger charge is -2.06. The molecular weight excluding hydrogens is 358 g/mol. The van der Waals surface area contributed by atoms with Crippen LogP contribution in [0.5, 0.6) is 0 Å². The average molecular weight is 386 g/mol. The molecule has 2 N–H and O–H groups in total. The third-order valence-electron chi connectivity index (χ3n) is 4.16. The van der Waals surface area contributed by atoms with Crippen molar-refractivity contribution in [1.29, 1.82) is 0 Å². The van der Waals surface area contributed by atoms with Crippen LogP contribution in [0.25, 0.3) is 0 Å². The highest BCUT2D eigenvalue weighted by atomic mass is 32.1. The molecule has 0 saturated carbocycles. The van der Waals surface area contributed by atoms with Crippen molar-refractivity contribution in [3.05, 3.63) is 52.2 Å². The van der Waals surface area contributed by atoms with Gasteiger partial charge in [-0.25, -0.2) is 5.43 Å². The van der Waals surface area contributed by atoms with Crippen molar-refractivity contribution in [2.45, 2.75) is 52.4 Å². The normalized spacial score (nSPS) is 11.3. The van der Waals surface area contributed by atoms with E-state index in [1.54, 1.807) is 6.07 Å². The lowest BCUT2D eigenvalue weighted by molar-refractivity contribution is -0.121. The van der Waals surface area contributed by atoms with Crippen LogP contribution in [0, 0.1) is 0 Å². The van der Waals surface area contributed by atoms with Crippen LogP contribution in [0.15, 0.2) is 46.9 Å². The van der Waals surface area contributed by atoms with E-state index in [1.165, 1.54) is 30.6 Å². The number of nitrogens with zero attached hydrogens (tertiary/aromatic N) is 1. The number of amides is 2. The first-order chi connectivity index (χ1) is 13.1. The number of benzene rings is 1. The van der Waals surface area contributed by atoms with E-state index in [0.29, 0.717) is 11.3 Å². The summed E-state index contributed by atoms with van der Waals surface area (Å²) in [4.78, 5) is 24.6. The van der Waals surface area contributed by atoms with Gasteiger partial charge in [-0.05, 0) is 42.5 Å². The molecule has 1 heterocycles. The van der Waals surface area contributed by atoms with Gasteiger partial charge < -0.3 is 5.32 Å². The Bertz CT molecular complexity index is 752. The molecule has 1 aromatic heterocycles. The first-order valence-electron chi connectivity index (χ1n) is 9.38. The fourth-order valence-electron chi connectivity index (χ4n) is 2.55. The first-order valence-corrected chi connectivity index (χ1v) is 10.3. The van der Waals surface area contributed by atoms with E-state index >= 15 is 0 Å². The Kier molecular flexibility index (Phi) is 8.71. The zero-order valence-electron chi connectivity index (χ0n) is 16.0. The molecule has 0 fully saturated rings. The van der Waals surface area contributed by atoms with E-state index in [0.717, 1.165) is 29.8 Å². The second-order valence-electron chi connectivity index (χ2n) is 6.41. The van der Waals surface area contributed by atoms with Gasteiger partial charge >= 0.3 is 0 Å². The van der Waals surface area contributed by atoms with Gasteiger partial charge in [-0.2, -0.15) is 5.10 Å². The number of hydrogen-bond donors (Lipinski definition) is 2. The summed E-state index contributed by atoms with van der Waals surface area (Å²) >= 11 is 1.41. The number of thiophene rings is 1. The highest BCUT2D eigenvalue weighted by molar-refractivity contribution is 7.12. The summed E-state index contributed by atoms with van der Waals surface area (Å²) in [7, 11) is 0. The number of hydrogen-bond acceptors (Lipinski definition) is 4. The van der Waals surface area contributed by atoms with Crippen LogP contribution in [0.3, 0.4) is 0 Å². The number of anilines is 1. The van der Waals surface area contributed by atoms with Gasteiger partial charge in [0.2, 0.25) is 5.91 Å². The van der Waals surface area contributed by atoms with Crippen molar-refractivity contribution in [1.82, 2.24) is 5.43 Å². The van der Waals surface area contributed by atoms with Gasteiger partial charge in [0.05, 0.1) is 10.6 Å². The van der Waals surface area contributed by atoms with Gasteiger partial charge in [0.25, 0.3) is 5.91 Å². The summed E-state index contributed by atoms with van der Waals surface area (Å²) in [6.45, 7) is 4.02. The molecule has 27 heavy (non-hydrogen) atoms. The van der Waals surface area contributed by atoms with Crippen molar-refractivity contribution < 1.29 is 9.59 Å². The molecule has 2 amide bonds. The van der Waals surface area contributed by atoms with Gasteiger partial charge in [0.15, 0.2) is 0 Å². The number of nitrogens with one attached hydrogen (secondary N) is 2. The molecule has 2 rings (SSSR count). The number of rotatable bonds is 10. The van der Waals surface area contributed by atoms with Crippen LogP contribution in [-0.2, 0) is 4.79 Å². The Morgan fingerprint density at radius 3 is 2.44 bits per heavy atom. The number of unbranched alkanes of at least 4 members (excludes halogenated alkanes) is 4. The molecule has 0 radical (unpaired) electrons. The maximum Gasteiger partial charge on any atom is 0.265 e. The zero-order valence-corrected chi connectivity index (χ0v) is 16.8. The summed E-state index contributed by atoms with van der Waals surface area (Å²) in [5.41, 5.74) is 4.96. The van der Waals surface area contributed by atoms with E-state index in [9.17, 15) is 9.59 Å². The fourth-order valence-corrected chi connectivity index (χ4v) is 3.17. The molecular formula is C21H27N3O2S. The zero-order chi connectivity index (χ0) is 19.5. The summed E-state index contributed by atoms with van der Waals surface area (Å²) in [6.07, 6.45) is 6.10. The molecule has 1 aromatic carbocycles. The fraction of sp³-hybridized carbons (Fsp3) is 0.381. The Morgan fingerprint density at radius 2 is 1.78 bits per heavy atom. The van der Waals surface area contributed by atoms with Crippen LogP contribution < -0.4 is 10.7 Å². The largest absolute Gasteiger partial charge is 0.321 e. The minimum absolute atomic E-state index is 0.0503. The topological polar surface area (TPSA) is 70.6 Å². The molecule has 144 valence electrons. The Morgan fingerprint density at radius 1 is 1.04 bits per heavy atom. The smallest absolute Gasteiger partial charge is 0.265 e. The second kappa shape index (κ2) is 11.3. The summed E-state index contributed by atoms with van der Waals surface area (Å²) in [5.74, 6) is -0.167. The third-order valence-corrected chi connectivity index (χ3v) is 5.03. The van der Waals surface area contributed by atoms with Gasteiger partial charge in [-0.1, -0.05) is 50.8 Å². The van der Waals surface area contributed by atoms with Gasteiger partial charge in [0, 0.05) is 12.1 Å². The van der Waals surface area contributed by atoms with Crippen LogP contribution >= 0.6 is 11.3 Å². The van der Waals surface area contributed by atoms with E-state index in [2.05, 4.69) is 22.8 Å². The minimum atomic E-state index is -0.116. The quantitative estimate of drug-likeness (QED) is 0.335. The molecule has 2 aromatic rings. The Hall–Kier alpha value is -2.47. The lowest BCUT2D eigenvalue weighted by Crippen LogP contribution is -2.18. The van der Waals surface area contributed by atoms with Crippen molar-refractivity contribution >= 4 is 34.6 Å². The predicted octanol–water partition coefficient (Wildman–Crippen LogP) is 5.20. The van der Waals surface area contributed by atoms with Crippen molar-refractivity contribution in [2.75, 3.05) is 5.32 Å². The first kappa shape index (κ1) is 20.8. The minimum Gasteiger partial charge on any atom is -0.321 e. The van der Waals surface area contributed by atoms with Gasteiger partial charge in [-0.15, -0.1) is 11.3 Å². The molecule has 0 spiro atoms. The predicted molar refractivity (Wildman–Crippen MR) is 112 cm³/mol. The number of carbonyl (C=O) groups excluding carboxylic acids is 2. The highest BCUT2D eigenvalue weighted by Crippen LogP contribution is 2.14. The summed E-state index contributed by atoms with van der Waals surface area (Å²) < 4.78 is 0. The SMILES string of the molecule is CCCCCCCC(=O)N/N=C(\C)c1ccc(NC(=O)c2cccs2)cc1. The second-order valence-corrected chi connectivity index (χ2v) is 7.35. The van der Waals surface area contributed by atoms with E-state index in [4.69, 9.17) is 0 Å². The van der Waals surface area contributed by atoms with E-state index in [1.807, 2.05) is 42.6 Å². The molecule has 0 aliphatic heterocycles. The molecule has 0 aliphatic rings. The summed E-state index contributed by atoms with van der Waals surface area (Å²) in [6, 6.07) is 11.0. The maximum absolute atomic E-state index is 12.0. The molecule has 0 saturated heterocycles. The highest BCUT2D eigenvalue weighted by Gasteiger charge is 2.07.